The number of hydrogen-bond acceptors (Lipinski definition) is 6. The third-order valence-corrected chi connectivity index (χ3v) is 4.14. The molecule has 2 heterocycles. The minimum atomic E-state index is -0.668. The van der Waals surface area contributed by atoms with Gasteiger partial charge in [0, 0.05) is 35.6 Å². The average Bonchev–Trinajstić information content (AvgIpc) is 2.67. The second-order valence-corrected chi connectivity index (χ2v) is 5.83. The van der Waals surface area contributed by atoms with E-state index in [-0.39, 0.29) is 5.56 Å². The molecule has 2 N–H and O–H groups in total. The molecule has 0 saturated heterocycles. The number of nitrogen functional groups attached to an aromatic ring is 1. The van der Waals surface area contributed by atoms with Gasteiger partial charge >= 0.3 is 0 Å². The van der Waals surface area contributed by atoms with Crippen LogP contribution in [0.3, 0.4) is 0 Å². The second-order valence-electron chi connectivity index (χ2n) is 5.83. The van der Waals surface area contributed by atoms with Crippen molar-refractivity contribution in [2.75, 3.05) is 19.9 Å². The van der Waals surface area contributed by atoms with Crippen molar-refractivity contribution >= 4 is 11.7 Å². The van der Waals surface area contributed by atoms with E-state index in [4.69, 9.17) is 10.6 Å². The molecule has 0 saturated carbocycles. The number of hydrogen-bond donors (Lipinski definition) is 1. The summed E-state index contributed by atoms with van der Waals surface area (Å²) in [6.07, 6.45) is 3.03. The van der Waals surface area contributed by atoms with Gasteiger partial charge in [-0.15, -0.1) is 0 Å². The van der Waals surface area contributed by atoms with E-state index in [9.17, 15) is 9.18 Å². The maximum atomic E-state index is 14.6. The van der Waals surface area contributed by atoms with Crippen molar-refractivity contribution in [2.45, 2.75) is 6.92 Å². The third-order valence-electron chi connectivity index (χ3n) is 4.14. The van der Waals surface area contributed by atoms with E-state index >= 15 is 0 Å². The first-order chi connectivity index (χ1) is 12.9. The predicted molar refractivity (Wildman–Crippen MR) is 98.9 cm³/mol. The van der Waals surface area contributed by atoms with Crippen LogP contribution in [0.1, 0.15) is 16.1 Å². The Labute approximate surface area is 155 Å². The first kappa shape index (κ1) is 18.4. The smallest absolute Gasteiger partial charge is 0.280 e. The molecule has 0 spiro atoms. The Morgan fingerprint density at radius 3 is 2.52 bits per heavy atom. The number of aromatic nitrogens is 3. The Bertz CT molecular complexity index is 992. The van der Waals surface area contributed by atoms with Crippen molar-refractivity contribution in [2.24, 2.45) is 0 Å². The Morgan fingerprint density at radius 2 is 1.89 bits per heavy atom. The Kier molecular flexibility index (Phi) is 5.09. The van der Waals surface area contributed by atoms with Crippen molar-refractivity contribution in [1.82, 2.24) is 20.0 Å². The Hall–Kier alpha value is -3.39. The standard InChI is InChI=1S/C19H18FN5O2/c1-11-17(13-5-7-16(21)22-9-13)18(24-10-23-11)12-4-6-14(15(20)8-12)19(26)25(2)27-3/h4-10H,1-3H3,(H2,21,22). The zero-order valence-electron chi connectivity index (χ0n) is 15.1. The van der Waals surface area contributed by atoms with Crippen LogP contribution in [0, 0.1) is 12.7 Å². The molecule has 0 aliphatic carbocycles. The molecule has 1 amide bonds. The lowest BCUT2D eigenvalue weighted by molar-refractivity contribution is -0.0759. The maximum absolute atomic E-state index is 14.6. The van der Waals surface area contributed by atoms with Gasteiger partial charge in [-0.25, -0.2) is 24.4 Å². The van der Waals surface area contributed by atoms with Crippen LogP contribution in [0.4, 0.5) is 10.2 Å². The van der Waals surface area contributed by atoms with Gasteiger partial charge in [0.15, 0.2) is 0 Å². The van der Waals surface area contributed by atoms with Gasteiger partial charge in [-0.2, -0.15) is 0 Å². The summed E-state index contributed by atoms with van der Waals surface area (Å²) in [7, 11) is 2.75. The van der Waals surface area contributed by atoms with E-state index in [0.29, 0.717) is 22.8 Å². The molecule has 0 unspecified atom stereocenters. The minimum Gasteiger partial charge on any atom is -0.384 e. The van der Waals surface area contributed by atoms with E-state index in [1.165, 1.54) is 32.6 Å². The number of rotatable bonds is 4. The van der Waals surface area contributed by atoms with Crippen molar-refractivity contribution in [3.63, 3.8) is 0 Å². The molecule has 0 bridgehead atoms. The average molecular weight is 367 g/mol. The number of benzene rings is 1. The first-order valence-electron chi connectivity index (χ1n) is 8.08. The monoisotopic (exact) mass is 367 g/mol. The van der Waals surface area contributed by atoms with Crippen molar-refractivity contribution < 1.29 is 14.0 Å². The van der Waals surface area contributed by atoms with Gasteiger partial charge in [0.05, 0.1) is 18.4 Å². The van der Waals surface area contributed by atoms with E-state index < -0.39 is 11.7 Å². The summed E-state index contributed by atoms with van der Waals surface area (Å²) in [5, 5.41) is 0.957. The van der Waals surface area contributed by atoms with Crippen LogP contribution >= 0.6 is 0 Å². The molecule has 0 atom stereocenters. The van der Waals surface area contributed by atoms with E-state index in [1.54, 1.807) is 24.4 Å². The van der Waals surface area contributed by atoms with Gasteiger partial charge < -0.3 is 5.73 Å². The molecule has 1 aromatic carbocycles. The molecule has 7 nitrogen and oxygen atoms in total. The van der Waals surface area contributed by atoms with Gasteiger partial charge in [-0.3, -0.25) is 9.63 Å². The molecule has 3 rings (SSSR count). The summed E-state index contributed by atoms with van der Waals surface area (Å²) in [6.45, 7) is 1.83. The van der Waals surface area contributed by atoms with E-state index in [0.717, 1.165) is 16.2 Å². The fraction of sp³-hybridized carbons (Fsp3) is 0.158. The lowest BCUT2D eigenvalue weighted by Crippen LogP contribution is -2.26. The number of halogens is 1. The van der Waals surface area contributed by atoms with Gasteiger partial charge in [0.2, 0.25) is 0 Å². The van der Waals surface area contributed by atoms with Crippen molar-refractivity contribution in [3.8, 4) is 22.4 Å². The highest BCUT2D eigenvalue weighted by Crippen LogP contribution is 2.32. The van der Waals surface area contributed by atoms with Gasteiger partial charge in [-0.05, 0) is 31.2 Å². The SMILES string of the molecule is CON(C)C(=O)c1ccc(-c2ncnc(C)c2-c2ccc(N)nc2)cc1F. The zero-order chi connectivity index (χ0) is 19.6. The fourth-order valence-electron chi connectivity index (χ4n) is 2.68. The normalized spacial score (nSPS) is 10.7. The molecule has 138 valence electrons. The van der Waals surface area contributed by atoms with Crippen LogP contribution in [0.2, 0.25) is 0 Å². The number of pyridine rings is 1. The number of carbonyl (C=O) groups is 1. The van der Waals surface area contributed by atoms with Crippen molar-refractivity contribution in [1.29, 1.82) is 0 Å². The van der Waals surface area contributed by atoms with Crippen LogP contribution in [0.5, 0.6) is 0 Å². The van der Waals surface area contributed by atoms with Gasteiger partial charge in [-0.1, -0.05) is 6.07 Å². The second kappa shape index (κ2) is 7.46. The summed E-state index contributed by atoms with van der Waals surface area (Å²) in [5.41, 5.74) is 8.81. The molecular weight excluding hydrogens is 349 g/mol. The lowest BCUT2D eigenvalue weighted by atomic mass is 9.98. The molecule has 0 aliphatic rings. The highest BCUT2D eigenvalue weighted by Gasteiger charge is 2.19. The number of hydroxylamine groups is 2. The Balaban J connectivity index is 2.10. The highest BCUT2D eigenvalue weighted by molar-refractivity contribution is 5.94. The number of nitrogens with two attached hydrogens (primary N) is 1. The minimum absolute atomic E-state index is 0.0930. The quantitative estimate of drug-likeness (QED) is 0.713. The van der Waals surface area contributed by atoms with Crippen LogP contribution in [0.15, 0.2) is 42.9 Å². The topological polar surface area (TPSA) is 94.2 Å². The summed E-state index contributed by atoms with van der Waals surface area (Å²) >= 11 is 0. The number of amides is 1. The van der Waals surface area contributed by atoms with E-state index in [2.05, 4.69) is 15.0 Å². The van der Waals surface area contributed by atoms with Crippen LogP contribution in [-0.4, -0.2) is 40.1 Å². The molecule has 0 aliphatic heterocycles. The number of aryl methyl sites for hydroxylation is 1. The summed E-state index contributed by atoms with van der Waals surface area (Å²) in [5.74, 6) is -0.853. The summed E-state index contributed by atoms with van der Waals surface area (Å²) in [4.78, 5) is 29.6. The molecule has 3 aromatic rings. The molecular formula is C19H18FN5O2. The summed E-state index contributed by atoms with van der Waals surface area (Å²) in [6, 6.07) is 7.79. The number of anilines is 1. The lowest BCUT2D eigenvalue weighted by Gasteiger charge is -2.15. The van der Waals surface area contributed by atoms with Crippen LogP contribution < -0.4 is 5.73 Å². The summed E-state index contributed by atoms with van der Waals surface area (Å²) < 4.78 is 14.6. The Morgan fingerprint density at radius 1 is 1.15 bits per heavy atom. The molecule has 0 fully saturated rings. The highest BCUT2D eigenvalue weighted by atomic mass is 19.1. The molecule has 27 heavy (non-hydrogen) atoms. The van der Waals surface area contributed by atoms with Crippen LogP contribution in [-0.2, 0) is 4.84 Å². The van der Waals surface area contributed by atoms with Gasteiger partial charge in [0.25, 0.3) is 5.91 Å². The zero-order valence-corrected chi connectivity index (χ0v) is 15.1. The molecule has 8 heteroatoms. The number of carbonyl (C=O) groups excluding carboxylic acids is 1. The van der Waals surface area contributed by atoms with Gasteiger partial charge in [0.1, 0.15) is 18.0 Å². The van der Waals surface area contributed by atoms with Crippen molar-refractivity contribution in [3.05, 3.63) is 59.9 Å². The number of nitrogens with zero attached hydrogens (tertiary/aromatic N) is 4. The predicted octanol–water partition coefficient (Wildman–Crippen LogP) is 2.87. The third kappa shape index (κ3) is 3.61. The van der Waals surface area contributed by atoms with E-state index in [1.807, 2.05) is 6.92 Å². The van der Waals surface area contributed by atoms with Crippen LogP contribution in [0.25, 0.3) is 22.4 Å². The molecule has 2 aromatic heterocycles. The molecule has 0 radical (unpaired) electrons. The maximum Gasteiger partial charge on any atom is 0.280 e. The fourth-order valence-corrected chi connectivity index (χ4v) is 2.68. The first-order valence-corrected chi connectivity index (χ1v) is 8.08. The largest absolute Gasteiger partial charge is 0.384 e.